The Balaban J connectivity index is 0.000000146. The van der Waals surface area contributed by atoms with Gasteiger partial charge in [-0.05, 0) is 139 Å². The maximum absolute atomic E-state index is 12.2. The van der Waals surface area contributed by atoms with Gasteiger partial charge in [-0.25, -0.2) is 4.79 Å². The molecule has 3 aliphatic heterocycles. The molecule has 3 aliphatic rings. The van der Waals surface area contributed by atoms with Gasteiger partial charge in [0.05, 0.1) is 38.6 Å². The van der Waals surface area contributed by atoms with Crippen molar-refractivity contribution >= 4 is 6.09 Å². The molecule has 2 N–H and O–H groups in total. The van der Waals surface area contributed by atoms with Gasteiger partial charge in [0.15, 0.2) is 0 Å². The van der Waals surface area contributed by atoms with Crippen molar-refractivity contribution in [1.29, 1.82) is 0 Å². The maximum atomic E-state index is 12.2. The van der Waals surface area contributed by atoms with Gasteiger partial charge in [-0.1, -0.05) is 72.8 Å². The zero-order valence-electron chi connectivity index (χ0n) is 38.1. The average Bonchev–Trinajstić information content (AvgIpc) is 3.32. The van der Waals surface area contributed by atoms with E-state index in [1.165, 1.54) is 50.1 Å². The van der Waals surface area contributed by atoms with Crippen molar-refractivity contribution < 1.29 is 23.7 Å². The number of carbonyl (C=O) groups excluding carboxylic acids is 1. The molecule has 9 rings (SSSR count). The first-order chi connectivity index (χ1) is 31.1. The molecule has 3 aromatic heterocycles. The number of nitrogens with zero attached hydrogens (tertiary/aromatic N) is 4. The quantitative estimate of drug-likeness (QED) is 0.146. The summed E-state index contributed by atoms with van der Waals surface area (Å²) in [5.74, 6) is 0. The largest absolute Gasteiger partial charge is 0.444 e. The Morgan fingerprint density at radius 3 is 1.31 bits per heavy atom. The molecule has 0 saturated heterocycles. The number of benzene rings is 3. The first-order valence-electron chi connectivity index (χ1n) is 22.3. The molecular weight excluding hydrogens is 801 g/mol. The fourth-order valence-electron chi connectivity index (χ4n) is 8.27. The summed E-state index contributed by atoms with van der Waals surface area (Å²) in [6.07, 6.45) is 13.8. The van der Waals surface area contributed by atoms with E-state index in [9.17, 15) is 4.79 Å². The fraction of sp³-hybridized carbons (Fsp3) is 0.358. The maximum Gasteiger partial charge on any atom is 0.410 e. The van der Waals surface area contributed by atoms with Crippen LogP contribution in [0.5, 0.6) is 0 Å². The summed E-state index contributed by atoms with van der Waals surface area (Å²) in [6.45, 7) is 10.0. The van der Waals surface area contributed by atoms with Gasteiger partial charge in [0.2, 0.25) is 0 Å². The zero-order valence-corrected chi connectivity index (χ0v) is 38.1. The fourth-order valence-corrected chi connectivity index (χ4v) is 8.27. The SMILES string of the molecule is CN(C[C@H]1OCCc2cc(-c3cccnc3)ccc21)C(=O)OC(C)(C)C.CNC[C@@H]1OCCc2cc(-c3cccnc3)ccc21.CNC[C@H]1OCCc2cc(-c3cccnc3)ccc21. The van der Waals surface area contributed by atoms with E-state index < -0.39 is 5.60 Å². The van der Waals surface area contributed by atoms with E-state index in [-0.39, 0.29) is 24.4 Å². The van der Waals surface area contributed by atoms with Crippen LogP contribution in [-0.4, -0.2) is 92.1 Å². The predicted octanol–water partition coefficient (Wildman–Crippen LogP) is 9.39. The number of amides is 1. The minimum Gasteiger partial charge on any atom is -0.444 e. The zero-order chi connectivity index (χ0) is 44.9. The number of hydrogen-bond acceptors (Lipinski definition) is 10. The second kappa shape index (κ2) is 22.2. The molecule has 0 bridgehead atoms. The van der Waals surface area contributed by atoms with Crippen molar-refractivity contribution in [2.45, 2.75) is 63.9 Å². The van der Waals surface area contributed by atoms with Gasteiger partial charge < -0.3 is 34.5 Å². The second-order valence-electron chi connectivity index (χ2n) is 17.3. The van der Waals surface area contributed by atoms with Crippen LogP contribution in [0.15, 0.2) is 128 Å². The Bertz CT molecular complexity index is 2310. The van der Waals surface area contributed by atoms with Crippen molar-refractivity contribution in [3.63, 3.8) is 0 Å². The van der Waals surface area contributed by atoms with E-state index in [1.54, 1.807) is 30.5 Å². The number of carbonyl (C=O) groups is 1. The third kappa shape index (κ3) is 12.2. The highest BCUT2D eigenvalue weighted by Crippen LogP contribution is 2.34. The van der Waals surface area contributed by atoms with Crippen LogP contribution < -0.4 is 10.6 Å². The topological polar surface area (TPSA) is 120 Å². The molecule has 1 amide bonds. The van der Waals surface area contributed by atoms with Crippen molar-refractivity contribution in [1.82, 2.24) is 30.5 Å². The van der Waals surface area contributed by atoms with Gasteiger partial charge in [0.25, 0.3) is 0 Å². The standard InChI is InChI=1S/C21H26N2O3.2C16H18N2O/c1-21(2,3)26-20(24)23(4)14-19-18-8-7-15(12-16(18)9-11-25-19)17-6-5-10-22-13-17;2*1-17-11-16-15-5-4-12(9-13(15)6-8-19-16)14-3-2-7-18-10-14/h5-8,10,12-13,19H,9,11,14H2,1-4H3;2*2-5,7,9-10,16-17H,6,8,11H2,1H3/t19-;2*16-/m110/s1. The van der Waals surface area contributed by atoms with E-state index in [1.807, 2.05) is 71.7 Å². The molecule has 0 spiro atoms. The van der Waals surface area contributed by atoms with Crippen molar-refractivity contribution in [2.24, 2.45) is 0 Å². The summed E-state index contributed by atoms with van der Waals surface area (Å²) in [5, 5.41) is 6.38. The van der Waals surface area contributed by atoms with E-state index in [0.29, 0.717) is 13.2 Å². The highest BCUT2D eigenvalue weighted by Gasteiger charge is 2.27. The van der Waals surface area contributed by atoms with Crippen LogP contribution in [0.2, 0.25) is 0 Å². The minimum atomic E-state index is -0.505. The monoisotopic (exact) mass is 862 g/mol. The van der Waals surface area contributed by atoms with Crippen molar-refractivity contribution in [2.75, 3.05) is 60.6 Å². The Hall–Kier alpha value is -5.82. The smallest absolute Gasteiger partial charge is 0.410 e. The summed E-state index contributed by atoms with van der Waals surface area (Å²) in [5.41, 5.74) is 14.4. The molecule has 11 heteroatoms. The molecule has 0 unspecified atom stereocenters. The van der Waals surface area contributed by atoms with Crippen LogP contribution >= 0.6 is 0 Å². The van der Waals surface area contributed by atoms with Crippen LogP contribution in [-0.2, 0) is 38.2 Å². The van der Waals surface area contributed by atoms with E-state index in [0.717, 1.165) is 62.3 Å². The molecule has 64 heavy (non-hydrogen) atoms. The molecular formula is C53H62N6O5. The summed E-state index contributed by atoms with van der Waals surface area (Å²) < 4.78 is 23.0. The number of nitrogens with one attached hydrogen (secondary N) is 2. The Kier molecular flexibility index (Phi) is 16.0. The molecule has 3 aromatic carbocycles. The number of aromatic nitrogens is 3. The molecule has 0 saturated carbocycles. The van der Waals surface area contributed by atoms with E-state index >= 15 is 0 Å². The lowest BCUT2D eigenvalue weighted by atomic mass is 9.93. The van der Waals surface area contributed by atoms with E-state index in [4.69, 9.17) is 18.9 Å². The van der Waals surface area contributed by atoms with Crippen molar-refractivity contribution in [3.05, 3.63) is 162 Å². The van der Waals surface area contributed by atoms with Gasteiger partial charge in [-0.3, -0.25) is 15.0 Å². The summed E-state index contributed by atoms with van der Waals surface area (Å²) >= 11 is 0. The van der Waals surface area contributed by atoms with Gasteiger partial charge in [-0.15, -0.1) is 0 Å². The second-order valence-corrected chi connectivity index (χ2v) is 17.3. The molecule has 334 valence electrons. The highest BCUT2D eigenvalue weighted by atomic mass is 16.6. The van der Waals surface area contributed by atoms with Gasteiger partial charge in [0, 0.05) is 57.3 Å². The summed E-state index contributed by atoms with van der Waals surface area (Å²) in [6, 6.07) is 31.8. The summed E-state index contributed by atoms with van der Waals surface area (Å²) in [4.78, 5) is 26.4. The van der Waals surface area contributed by atoms with Crippen molar-refractivity contribution in [3.8, 4) is 33.4 Å². The molecule has 11 nitrogen and oxygen atoms in total. The third-order valence-electron chi connectivity index (χ3n) is 11.4. The Morgan fingerprint density at radius 2 is 0.969 bits per heavy atom. The lowest BCUT2D eigenvalue weighted by Crippen LogP contribution is -2.37. The van der Waals surface area contributed by atoms with Crippen LogP contribution in [0.1, 0.15) is 72.5 Å². The van der Waals surface area contributed by atoms with Crippen LogP contribution in [0.4, 0.5) is 4.79 Å². The van der Waals surface area contributed by atoms with Gasteiger partial charge >= 0.3 is 6.09 Å². The molecule has 3 atom stereocenters. The lowest BCUT2D eigenvalue weighted by Gasteiger charge is -2.31. The van der Waals surface area contributed by atoms with Gasteiger partial charge in [-0.2, -0.15) is 0 Å². The summed E-state index contributed by atoms with van der Waals surface area (Å²) in [7, 11) is 5.67. The third-order valence-corrected chi connectivity index (χ3v) is 11.4. The normalized spacial score (nSPS) is 17.5. The first-order valence-corrected chi connectivity index (χ1v) is 22.3. The average molecular weight is 863 g/mol. The number of rotatable bonds is 9. The highest BCUT2D eigenvalue weighted by molar-refractivity contribution is 5.68. The van der Waals surface area contributed by atoms with Crippen LogP contribution in [0.25, 0.3) is 33.4 Å². The minimum absolute atomic E-state index is 0.140. The first kappa shape index (κ1) is 46.2. The molecule has 0 radical (unpaired) electrons. The lowest BCUT2D eigenvalue weighted by molar-refractivity contribution is -0.00164. The van der Waals surface area contributed by atoms with Crippen LogP contribution in [0.3, 0.4) is 0 Å². The van der Waals surface area contributed by atoms with Gasteiger partial charge in [0.1, 0.15) is 11.7 Å². The molecule has 0 aliphatic carbocycles. The Morgan fingerprint density at radius 1 is 0.594 bits per heavy atom. The number of likely N-dealkylation sites (N-methyl/N-ethyl adjacent to an activating group) is 3. The number of fused-ring (bicyclic) bond motifs is 3. The molecule has 6 heterocycles. The van der Waals surface area contributed by atoms with Crippen LogP contribution in [0, 0.1) is 0 Å². The number of ether oxygens (including phenoxy) is 4. The predicted molar refractivity (Wildman–Crippen MR) is 253 cm³/mol. The van der Waals surface area contributed by atoms with E-state index in [2.05, 4.69) is 98.4 Å². The molecule has 0 fully saturated rings. The Labute approximate surface area is 378 Å². The molecule has 6 aromatic rings. The number of hydrogen-bond donors (Lipinski definition) is 2. The number of pyridine rings is 3.